The molecule has 0 amide bonds. The Kier molecular flexibility index (Phi) is 9.79. The highest BCUT2D eigenvalue weighted by Crippen LogP contribution is 2.38. The van der Waals surface area contributed by atoms with Gasteiger partial charge in [0.05, 0.1) is 11.1 Å². The molecule has 0 aliphatic carbocycles. The number of carboxylic acid groups (broad SMARTS) is 1. The largest absolute Gasteiger partial charge is 0.481 e. The fraction of sp³-hybridized carbons (Fsp3) is 0.543. The Morgan fingerprint density at radius 3 is 2.45 bits per heavy atom. The van der Waals surface area contributed by atoms with Gasteiger partial charge < -0.3 is 14.9 Å². The number of carboxylic acids is 1. The lowest BCUT2D eigenvalue weighted by atomic mass is 9.85. The van der Waals surface area contributed by atoms with Crippen molar-refractivity contribution in [3.05, 3.63) is 89.0 Å². The van der Waals surface area contributed by atoms with Gasteiger partial charge in [0.2, 0.25) is 0 Å². The first-order valence-corrected chi connectivity index (χ1v) is 15.8. The number of aliphatic carboxylic acids is 1. The number of benzene rings is 2. The van der Waals surface area contributed by atoms with Gasteiger partial charge in [0.1, 0.15) is 5.82 Å². The maximum atomic E-state index is 14.3. The van der Waals surface area contributed by atoms with Crippen molar-refractivity contribution in [1.29, 1.82) is 0 Å². The van der Waals surface area contributed by atoms with Crippen LogP contribution in [0.1, 0.15) is 80.8 Å². The van der Waals surface area contributed by atoms with E-state index in [4.69, 9.17) is 5.10 Å². The van der Waals surface area contributed by atoms with Crippen molar-refractivity contribution in [3.63, 3.8) is 0 Å². The first kappa shape index (κ1) is 30.4. The molecule has 7 heteroatoms. The second-order valence-corrected chi connectivity index (χ2v) is 12.8. The molecule has 2 aliphatic rings. The molecule has 226 valence electrons. The van der Waals surface area contributed by atoms with E-state index in [0.29, 0.717) is 24.8 Å². The highest BCUT2D eigenvalue weighted by molar-refractivity contribution is 5.74. The van der Waals surface area contributed by atoms with Crippen LogP contribution in [-0.4, -0.2) is 69.9 Å². The van der Waals surface area contributed by atoms with Crippen LogP contribution < -0.4 is 0 Å². The van der Waals surface area contributed by atoms with Crippen LogP contribution in [0, 0.1) is 17.2 Å². The average Bonchev–Trinajstić information content (AvgIpc) is 3.57. The Bertz CT molecular complexity index is 1320. The molecule has 42 heavy (non-hydrogen) atoms. The van der Waals surface area contributed by atoms with Crippen molar-refractivity contribution in [2.75, 3.05) is 39.3 Å². The van der Waals surface area contributed by atoms with Crippen molar-refractivity contribution >= 4 is 5.97 Å². The number of rotatable bonds is 12. The minimum absolute atomic E-state index is 0.195. The zero-order valence-corrected chi connectivity index (χ0v) is 25.5. The number of hydrogen-bond acceptors (Lipinski definition) is 4. The molecule has 0 spiro atoms. The molecule has 0 radical (unpaired) electrons. The van der Waals surface area contributed by atoms with E-state index in [1.54, 1.807) is 12.1 Å². The van der Waals surface area contributed by atoms with Crippen LogP contribution in [0.15, 0.2) is 60.7 Å². The molecule has 2 aliphatic heterocycles. The van der Waals surface area contributed by atoms with Gasteiger partial charge in [-0.1, -0.05) is 55.8 Å². The molecule has 1 aromatic heterocycles. The van der Waals surface area contributed by atoms with Gasteiger partial charge in [-0.3, -0.25) is 9.48 Å². The summed E-state index contributed by atoms with van der Waals surface area (Å²) >= 11 is 0. The van der Waals surface area contributed by atoms with Crippen LogP contribution in [0.3, 0.4) is 0 Å². The third-order valence-corrected chi connectivity index (χ3v) is 9.57. The number of aromatic nitrogens is 2. The molecule has 2 fully saturated rings. The fourth-order valence-electron chi connectivity index (χ4n) is 7.39. The summed E-state index contributed by atoms with van der Waals surface area (Å²) in [5.74, 6) is 0.103. The first-order chi connectivity index (χ1) is 20.3. The van der Waals surface area contributed by atoms with Gasteiger partial charge in [-0.25, -0.2) is 4.39 Å². The normalized spacial score (nSPS) is 21.9. The van der Waals surface area contributed by atoms with Crippen molar-refractivity contribution in [2.45, 2.75) is 71.3 Å². The van der Waals surface area contributed by atoms with Crippen molar-refractivity contribution in [2.24, 2.45) is 11.3 Å². The van der Waals surface area contributed by atoms with Crippen molar-refractivity contribution < 1.29 is 14.3 Å². The van der Waals surface area contributed by atoms with E-state index in [1.807, 2.05) is 19.9 Å². The Morgan fingerprint density at radius 2 is 1.79 bits per heavy atom. The number of piperidine rings is 1. The van der Waals surface area contributed by atoms with E-state index in [9.17, 15) is 14.3 Å². The smallest absolute Gasteiger partial charge is 0.310 e. The first-order valence-electron chi connectivity index (χ1n) is 15.8. The molecular formula is C35H47FN4O2. The van der Waals surface area contributed by atoms with Gasteiger partial charge in [0.15, 0.2) is 0 Å². The SMILES string of the molecule is CCCC(C)(CN1C[C@H](CN2CCC(c3cc(Cc4ccccc4)nn3CC)CC2)[C@@H](c2cccc(F)c2)C1)C(=O)O. The topological polar surface area (TPSA) is 61.6 Å². The highest BCUT2D eigenvalue weighted by atomic mass is 19.1. The molecule has 1 unspecified atom stereocenters. The van der Waals surface area contributed by atoms with Crippen molar-refractivity contribution in [3.8, 4) is 0 Å². The maximum Gasteiger partial charge on any atom is 0.310 e. The van der Waals surface area contributed by atoms with Crippen LogP contribution in [-0.2, 0) is 17.8 Å². The lowest BCUT2D eigenvalue weighted by Gasteiger charge is -2.35. The number of nitrogens with zero attached hydrogens (tertiary/aromatic N) is 4. The molecule has 2 aromatic carbocycles. The molecule has 1 N–H and O–H groups in total. The number of aryl methyl sites for hydroxylation is 1. The van der Waals surface area contributed by atoms with Crippen LogP contribution in [0.25, 0.3) is 0 Å². The van der Waals surface area contributed by atoms with Crippen LogP contribution in [0.2, 0.25) is 0 Å². The highest BCUT2D eigenvalue weighted by Gasteiger charge is 2.41. The number of halogens is 1. The van der Waals surface area contributed by atoms with Gasteiger partial charge in [-0.2, -0.15) is 5.10 Å². The summed E-state index contributed by atoms with van der Waals surface area (Å²) in [5.41, 5.74) is 4.05. The summed E-state index contributed by atoms with van der Waals surface area (Å²) in [4.78, 5) is 17.1. The summed E-state index contributed by atoms with van der Waals surface area (Å²) in [6, 6.07) is 19.9. The zero-order valence-electron chi connectivity index (χ0n) is 25.5. The van der Waals surface area contributed by atoms with Gasteiger partial charge in [-0.05, 0) is 81.4 Å². The van der Waals surface area contributed by atoms with E-state index >= 15 is 0 Å². The Labute approximate surface area is 250 Å². The molecule has 0 bridgehead atoms. The number of carbonyl (C=O) groups is 1. The van der Waals surface area contributed by atoms with E-state index in [2.05, 4.69) is 57.8 Å². The lowest BCUT2D eigenvalue weighted by Crippen LogP contribution is -2.41. The third kappa shape index (κ3) is 7.12. The second kappa shape index (κ2) is 13.5. The van der Waals surface area contributed by atoms with Crippen molar-refractivity contribution in [1.82, 2.24) is 19.6 Å². The van der Waals surface area contributed by atoms with E-state index < -0.39 is 11.4 Å². The van der Waals surface area contributed by atoms with Crippen LogP contribution >= 0.6 is 0 Å². The Balaban J connectivity index is 1.25. The molecule has 6 nitrogen and oxygen atoms in total. The minimum Gasteiger partial charge on any atom is -0.481 e. The fourth-order valence-corrected chi connectivity index (χ4v) is 7.39. The Morgan fingerprint density at radius 1 is 1.02 bits per heavy atom. The number of likely N-dealkylation sites (tertiary alicyclic amines) is 2. The average molecular weight is 575 g/mol. The minimum atomic E-state index is -0.768. The molecule has 3 aromatic rings. The molecular weight excluding hydrogens is 527 g/mol. The van der Waals surface area contributed by atoms with Gasteiger partial charge >= 0.3 is 5.97 Å². The molecule has 3 atom stereocenters. The lowest BCUT2D eigenvalue weighted by molar-refractivity contribution is -0.149. The summed E-state index contributed by atoms with van der Waals surface area (Å²) in [7, 11) is 0. The van der Waals surface area contributed by atoms with E-state index in [1.165, 1.54) is 17.3 Å². The zero-order chi connectivity index (χ0) is 29.7. The predicted octanol–water partition coefficient (Wildman–Crippen LogP) is 6.42. The summed E-state index contributed by atoms with van der Waals surface area (Å²) in [6.07, 6.45) is 4.56. The van der Waals surface area contributed by atoms with E-state index in [-0.39, 0.29) is 11.7 Å². The number of hydrogen-bond donors (Lipinski definition) is 1. The standard InChI is InChI=1S/C35H47FN4O2/c1-4-16-35(3,34(41)42)25-39-23-29(32(24-39)28-12-9-13-30(36)20-28)22-38-17-14-27(15-18-38)33-21-31(37-40(33)5-2)19-26-10-7-6-8-11-26/h6-13,20-21,27,29,32H,4-5,14-19,22-25H2,1-3H3,(H,41,42)/t29-,32+,35?/m0/s1. The third-order valence-electron chi connectivity index (χ3n) is 9.57. The van der Waals surface area contributed by atoms with E-state index in [0.717, 1.165) is 76.2 Å². The molecule has 2 saturated heterocycles. The molecule has 5 rings (SSSR count). The maximum absolute atomic E-state index is 14.3. The van der Waals surface area contributed by atoms with Gasteiger partial charge in [0.25, 0.3) is 0 Å². The Hall–Kier alpha value is -3.03. The predicted molar refractivity (Wildman–Crippen MR) is 165 cm³/mol. The molecule has 0 saturated carbocycles. The quantitative estimate of drug-likeness (QED) is 0.271. The summed E-state index contributed by atoms with van der Waals surface area (Å²) in [5, 5.41) is 15.0. The van der Waals surface area contributed by atoms with Gasteiger partial charge in [0, 0.05) is 56.7 Å². The van der Waals surface area contributed by atoms with Crippen LogP contribution in [0.4, 0.5) is 4.39 Å². The monoisotopic (exact) mass is 574 g/mol. The van der Waals surface area contributed by atoms with Crippen LogP contribution in [0.5, 0.6) is 0 Å². The van der Waals surface area contributed by atoms with Gasteiger partial charge in [-0.15, -0.1) is 0 Å². The molecule has 3 heterocycles. The summed E-state index contributed by atoms with van der Waals surface area (Å²) in [6.45, 7) is 12.1. The summed E-state index contributed by atoms with van der Waals surface area (Å²) < 4.78 is 16.5. The second-order valence-electron chi connectivity index (χ2n) is 12.8.